The van der Waals surface area contributed by atoms with Gasteiger partial charge in [-0.05, 0) is 37.8 Å². The zero-order valence-electron chi connectivity index (χ0n) is 15.8. The smallest absolute Gasteiger partial charge is 0.326 e. The van der Waals surface area contributed by atoms with Crippen molar-refractivity contribution < 1.29 is 19.5 Å². The highest BCUT2D eigenvalue weighted by Gasteiger charge is 2.34. The van der Waals surface area contributed by atoms with Gasteiger partial charge in [-0.1, -0.05) is 39.0 Å². The second-order valence-corrected chi connectivity index (χ2v) is 6.77. The molecule has 0 aromatic heterocycles. The Bertz CT molecular complexity index is 618. The third kappa shape index (κ3) is 5.84. The first-order valence-corrected chi connectivity index (χ1v) is 8.85. The molecule has 0 unspecified atom stereocenters. The summed E-state index contributed by atoms with van der Waals surface area (Å²) in [5.74, 6) is -2.02. The summed E-state index contributed by atoms with van der Waals surface area (Å²) in [4.78, 5) is 38.1. The minimum absolute atomic E-state index is 0.118. The van der Waals surface area contributed by atoms with E-state index in [2.05, 4.69) is 5.32 Å². The fourth-order valence-corrected chi connectivity index (χ4v) is 2.67. The van der Waals surface area contributed by atoms with Crippen LogP contribution >= 0.6 is 0 Å². The molecule has 0 aliphatic carbocycles. The third-order valence-electron chi connectivity index (χ3n) is 4.19. The number of nitrogens with zero attached hydrogens (tertiary/aromatic N) is 1. The zero-order chi connectivity index (χ0) is 19.9. The SMILES string of the molecule is CC[C@H](N)C(=O)NC(=O)[C@H](CC(C)C)N(c1ccccc1)[C@@H](C)C(=O)O. The number of carboxylic acids is 1. The molecule has 26 heavy (non-hydrogen) atoms. The number of para-hydroxylation sites is 1. The number of aliphatic carboxylic acids is 1. The Morgan fingerprint density at radius 1 is 1.12 bits per heavy atom. The highest BCUT2D eigenvalue weighted by molar-refractivity contribution is 6.01. The predicted molar refractivity (Wildman–Crippen MR) is 101 cm³/mol. The summed E-state index contributed by atoms with van der Waals surface area (Å²) in [6.07, 6.45) is 0.800. The fourth-order valence-electron chi connectivity index (χ4n) is 2.67. The molecular weight excluding hydrogens is 334 g/mol. The van der Waals surface area contributed by atoms with Crippen LogP contribution in [0.25, 0.3) is 0 Å². The third-order valence-corrected chi connectivity index (χ3v) is 4.19. The van der Waals surface area contributed by atoms with Gasteiger partial charge in [-0.15, -0.1) is 0 Å². The van der Waals surface area contributed by atoms with Gasteiger partial charge in [0.1, 0.15) is 12.1 Å². The van der Waals surface area contributed by atoms with E-state index in [1.165, 1.54) is 6.92 Å². The van der Waals surface area contributed by atoms with E-state index in [0.29, 0.717) is 18.5 Å². The number of carbonyl (C=O) groups excluding carboxylic acids is 2. The van der Waals surface area contributed by atoms with Crippen LogP contribution in [0.3, 0.4) is 0 Å². The minimum Gasteiger partial charge on any atom is -0.480 e. The van der Waals surface area contributed by atoms with Gasteiger partial charge in [0.25, 0.3) is 0 Å². The number of benzene rings is 1. The van der Waals surface area contributed by atoms with Crippen molar-refractivity contribution >= 4 is 23.5 Å². The van der Waals surface area contributed by atoms with E-state index >= 15 is 0 Å². The van der Waals surface area contributed by atoms with E-state index in [1.54, 1.807) is 36.1 Å². The molecule has 0 aliphatic rings. The second-order valence-electron chi connectivity index (χ2n) is 6.77. The molecule has 0 heterocycles. The monoisotopic (exact) mass is 363 g/mol. The van der Waals surface area contributed by atoms with E-state index in [-0.39, 0.29) is 5.92 Å². The fraction of sp³-hybridized carbons (Fsp3) is 0.526. The lowest BCUT2D eigenvalue weighted by atomic mass is 9.99. The van der Waals surface area contributed by atoms with Crippen LogP contribution in [0.5, 0.6) is 0 Å². The molecule has 0 bridgehead atoms. The standard InChI is InChI=1S/C19H29N3O4/c1-5-15(20)17(23)21-18(24)16(11-12(2)3)22(13(4)19(25)26)14-9-7-6-8-10-14/h6-10,12-13,15-16H,5,11,20H2,1-4H3,(H,25,26)(H,21,23,24)/t13-,15-,16-/m0/s1. The Morgan fingerprint density at radius 2 is 1.69 bits per heavy atom. The molecule has 0 saturated carbocycles. The van der Waals surface area contributed by atoms with Crippen LogP contribution in [0.2, 0.25) is 0 Å². The molecule has 7 nitrogen and oxygen atoms in total. The molecule has 3 atom stereocenters. The van der Waals surface area contributed by atoms with Gasteiger partial charge in [0.15, 0.2) is 0 Å². The summed E-state index contributed by atoms with van der Waals surface area (Å²) in [7, 11) is 0. The van der Waals surface area contributed by atoms with Gasteiger partial charge >= 0.3 is 5.97 Å². The van der Waals surface area contributed by atoms with Crippen LogP contribution in [0.15, 0.2) is 30.3 Å². The Hall–Kier alpha value is -2.41. The molecule has 0 aliphatic heterocycles. The number of carbonyl (C=O) groups is 3. The quantitative estimate of drug-likeness (QED) is 0.616. The average Bonchev–Trinajstić information content (AvgIpc) is 2.60. The molecule has 1 aromatic rings. The Labute approximate surface area is 154 Å². The van der Waals surface area contributed by atoms with Gasteiger partial charge < -0.3 is 15.7 Å². The lowest BCUT2D eigenvalue weighted by Gasteiger charge is -2.36. The topological polar surface area (TPSA) is 113 Å². The molecule has 0 saturated heterocycles. The Balaban J connectivity index is 3.24. The van der Waals surface area contributed by atoms with Crippen LogP contribution in [-0.2, 0) is 14.4 Å². The number of carboxylic acid groups (broad SMARTS) is 1. The lowest BCUT2D eigenvalue weighted by molar-refractivity contribution is -0.138. The maximum atomic E-state index is 12.8. The molecule has 0 radical (unpaired) electrons. The number of hydrogen-bond donors (Lipinski definition) is 3. The number of nitrogens with two attached hydrogens (primary N) is 1. The zero-order valence-corrected chi connectivity index (χ0v) is 15.8. The average molecular weight is 363 g/mol. The van der Waals surface area contributed by atoms with Crippen LogP contribution in [-0.4, -0.2) is 41.0 Å². The highest BCUT2D eigenvalue weighted by Crippen LogP contribution is 2.24. The van der Waals surface area contributed by atoms with E-state index in [1.807, 2.05) is 19.9 Å². The molecule has 0 spiro atoms. The van der Waals surface area contributed by atoms with Crippen molar-refractivity contribution in [1.82, 2.24) is 5.32 Å². The number of amides is 2. The maximum absolute atomic E-state index is 12.8. The summed E-state index contributed by atoms with van der Waals surface area (Å²) >= 11 is 0. The van der Waals surface area contributed by atoms with Gasteiger partial charge in [0.2, 0.25) is 11.8 Å². The van der Waals surface area contributed by atoms with Crippen molar-refractivity contribution in [3.8, 4) is 0 Å². The molecule has 7 heteroatoms. The van der Waals surface area contributed by atoms with E-state index in [9.17, 15) is 19.5 Å². The number of imide groups is 1. The van der Waals surface area contributed by atoms with Crippen LogP contribution in [0, 0.1) is 5.92 Å². The van der Waals surface area contributed by atoms with Crippen LogP contribution in [0.1, 0.15) is 40.5 Å². The molecule has 0 fully saturated rings. The van der Waals surface area contributed by atoms with E-state index in [0.717, 1.165) is 0 Å². The van der Waals surface area contributed by atoms with E-state index < -0.39 is 35.9 Å². The van der Waals surface area contributed by atoms with Crippen molar-refractivity contribution in [3.05, 3.63) is 30.3 Å². The predicted octanol–water partition coefficient (Wildman–Crippen LogP) is 1.76. The van der Waals surface area contributed by atoms with Crippen molar-refractivity contribution in [2.75, 3.05) is 4.90 Å². The molecule has 1 rings (SSSR count). The first-order valence-electron chi connectivity index (χ1n) is 8.85. The van der Waals surface area contributed by atoms with Crippen molar-refractivity contribution in [3.63, 3.8) is 0 Å². The molecular formula is C19H29N3O4. The van der Waals surface area contributed by atoms with Crippen molar-refractivity contribution in [2.24, 2.45) is 11.7 Å². The Morgan fingerprint density at radius 3 is 2.15 bits per heavy atom. The summed E-state index contributed by atoms with van der Waals surface area (Å²) in [5, 5.41) is 11.9. The van der Waals surface area contributed by atoms with Crippen LogP contribution in [0.4, 0.5) is 5.69 Å². The summed E-state index contributed by atoms with van der Waals surface area (Å²) < 4.78 is 0. The number of hydrogen-bond acceptors (Lipinski definition) is 5. The van der Waals surface area contributed by atoms with Crippen molar-refractivity contribution in [2.45, 2.75) is 58.7 Å². The first kappa shape index (κ1) is 21.6. The van der Waals surface area contributed by atoms with Gasteiger partial charge in [-0.2, -0.15) is 0 Å². The number of anilines is 1. The largest absolute Gasteiger partial charge is 0.480 e. The van der Waals surface area contributed by atoms with Gasteiger partial charge in [0.05, 0.1) is 6.04 Å². The maximum Gasteiger partial charge on any atom is 0.326 e. The number of rotatable bonds is 9. The summed E-state index contributed by atoms with van der Waals surface area (Å²) in [6.45, 7) is 7.15. The second kappa shape index (κ2) is 9.91. The summed E-state index contributed by atoms with van der Waals surface area (Å²) in [6, 6.07) is 6.34. The molecule has 144 valence electrons. The molecule has 4 N–H and O–H groups in total. The highest BCUT2D eigenvalue weighted by atomic mass is 16.4. The molecule has 2 amide bonds. The Kier molecular flexibility index (Phi) is 8.25. The lowest BCUT2D eigenvalue weighted by Crippen LogP contribution is -2.56. The first-order chi connectivity index (χ1) is 12.2. The van der Waals surface area contributed by atoms with Gasteiger partial charge in [-0.3, -0.25) is 14.9 Å². The minimum atomic E-state index is -1.05. The van der Waals surface area contributed by atoms with Crippen LogP contribution < -0.4 is 16.0 Å². The van der Waals surface area contributed by atoms with Gasteiger partial charge in [-0.25, -0.2) is 4.79 Å². The van der Waals surface area contributed by atoms with Crippen molar-refractivity contribution in [1.29, 1.82) is 0 Å². The normalized spacial score (nSPS) is 14.4. The number of nitrogens with one attached hydrogen (secondary N) is 1. The summed E-state index contributed by atoms with van der Waals surface area (Å²) in [5.41, 5.74) is 6.30. The van der Waals surface area contributed by atoms with Gasteiger partial charge in [0, 0.05) is 5.69 Å². The molecule has 1 aromatic carbocycles. The van der Waals surface area contributed by atoms with E-state index in [4.69, 9.17) is 5.73 Å².